The normalized spacial score (nSPS) is 11.6. The van der Waals surface area contributed by atoms with Crippen molar-refractivity contribution in [3.8, 4) is 11.1 Å². The van der Waals surface area contributed by atoms with E-state index in [1.165, 1.54) is 0 Å². The van der Waals surface area contributed by atoms with E-state index < -0.39 is 5.97 Å². The van der Waals surface area contributed by atoms with Crippen LogP contribution in [0.5, 0.6) is 0 Å². The molecule has 1 N–H and O–H groups in total. The number of nitrogens with one attached hydrogen (secondary N) is 1. The van der Waals surface area contributed by atoms with Gasteiger partial charge in [-0.05, 0) is 35.1 Å². The molecule has 3 aromatic rings. The molecule has 1 heterocycles. The molecule has 0 fully saturated rings. The summed E-state index contributed by atoms with van der Waals surface area (Å²) in [5.74, 6) is -0.718. The zero-order valence-corrected chi connectivity index (χ0v) is 15.9. The fourth-order valence-corrected chi connectivity index (χ4v) is 3.44. The Hall–Kier alpha value is -2.92. The molecule has 0 spiro atoms. The quantitative estimate of drug-likeness (QED) is 0.620. The zero-order valence-electron chi connectivity index (χ0n) is 15.1. The van der Waals surface area contributed by atoms with Crippen LogP contribution in [0, 0.1) is 0 Å². The summed E-state index contributed by atoms with van der Waals surface area (Å²) in [6, 6.07) is 21.6. The summed E-state index contributed by atoms with van der Waals surface area (Å²) < 4.78 is 5.09. The van der Waals surface area contributed by atoms with Gasteiger partial charge in [0.05, 0.1) is 12.5 Å². The van der Waals surface area contributed by atoms with Crippen molar-refractivity contribution in [3.63, 3.8) is 0 Å². The Labute approximate surface area is 162 Å². The van der Waals surface area contributed by atoms with Crippen LogP contribution in [0.3, 0.4) is 0 Å². The van der Waals surface area contributed by atoms with Gasteiger partial charge in [-0.1, -0.05) is 60.7 Å². The second kappa shape index (κ2) is 9.14. The summed E-state index contributed by atoms with van der Waals surface area (Å²) in [4.78, 5) is 25.0. The second-order valence-electron chi connectivity index (χ2n) is 6.21. The Kier molecular flexibility index (Phi) is 6.39. The molecule has 4 nitrogen and oxygen atoms in total. The van der Waals surface area contributed by atoms with Crippen molar-refractivity contribution >= 4 is 23.2 Å². The fourth-order valence-electron chi connectivity index (χ4n) is 2.70. The van der Waals surface area contributed by atoms with E-state index in [2.05, 4.69) is 5.32 Å². The van der Waals surface area contributed by atoms with Gasteiger partial charge < -0.3 is 10.1 Å². The lowest BCUT2D eigenvalue weighted by Crippen LogP contribution is -2.31. The van der Waals surface area contributed by atoms with Crippen molar-refractivity contribution in [2.75, 3.05) is 6.61 Å². The van der Waals surface area contributed by atoms with E-state index in [1.54, 1.807) is 11.3 Å². The van der Waals surface area contributed by atoms with Crippen molar-refractivity contribution in [1.29, 1.82) is 0 Å². The molecule has 138 valence electrons. The highest BCUT2D eigenvalue weighted by atomic mass is 32.1. The minimum atomic E-state index is -0.415. The lowest BCUT2D eigenvalue weighted by Gasteiger charge is -2.12. The first kappa shape index (κ1) is 18.9. The van der Waals surface area contributed by atoms with Gasteiger partial charge in [0.25, 0.3) is 5.91 Å². The monoisotopic (exact) mass is 379 g/mol. The molecule has 0 radical (unpaired) electrons. The third-order valence-corrected chi connectivity index (χ3v) is 5.18. The number of carbonyl (C=O) groups excluding carboxylic acids is 2. The molecule has 1 atom stereocenters. The fraction of sp³-hybridized carbons (Fsp3) is 0.182. The summed E-state index contributed by atoms with van der Waals surface area (Å²) in [5, 5.41) is 4.78. The first-order valence-corrected chi connectivity index (χ1v) is 9.62. The molecular formula is C22H21NO3S. The highest BCUT2D eigenvalue weighted by Crippen LogP contribution is 2.20. The first-order valence-electron chi connectivity index (χ1n) is 8.74. The van der Waals surface area contributed by atoms with Crippen LogP contribution in [-0.2, 0) is 20.7 Å². The van der Waals surface area contributed by atoms with Gasteiger partial charge in [0, 0.05) is 4.88 Å². The smallest absolute Gasteiger partial charge is 0.310 e. The number of amides is 1. The van der Waals surface area contributed by atoms with E-state index >= 15 is 0 Å². The van der Waals surface area contributed by atoms with Crippen molar-refractivity contribution in [1.82, 2.24) is 5.32 Å². The summed E-state index contributed by atoms with van der Waals surface area (Å²) >= 11 is 1.58. The van der Waals surface area contributed by atoms with Crippen LogP contribution in [0.1, 0.15) is 23.4 Å². The molecule has 3 rings (SSSR count). The number of rotatable bonds is 7. The standard InChI is InChI=1S/C22H21NO3S/c1-16(20-8-5-13-27-20)23-21(24)15-26-22(25)14-17-9-11-19(12-10-17)18-6-3-2-4-7-18/h2-13,16H,14-15H2,1H3,(H,23,24). The summed E-state index contributed by atoms with van der Waals surface area (Å²) in [5.41, 5.74) is 3.07. The number of esters is 1. The maximum atomic E-state index is 12.0. The van der Waals surface area contributed by atoms with Crippen LogP contribution in [0.25, 0.3) is 11.1 Å². The molecule has 0 aliphatic heterocycles. The Morgan fingerprint density at radius 1 is 0.963 bits per heavy atom. The Morgan fingerprint density at radius 2 is 1.67 bits per heavy atom. The van der Waals surface area contributed by atoms with Gasteiger partial charge >= 0.3 is 5.97 Å². The van der Waals surface area contributed by atoms with Gasteiger partial charge in [-0.3, -0.25) is 9.59 Å². The van der Waals surface area contributed by atoms with Crippen LogP contribution < -0.4 is 5.32 Å². The third-order valence-electron chi connectivity index (χ3n) is 4.12. The minimum Gasteiger partial charge on any atom is -0.455 e. The first-order chi connectivity index (χ1) is 13.1. The molecule has 0 bridgehead atoms. The highest BCUT2D eigenvalue weighted by Gasteiger charge is 2.13. The maximum absolute atomic E-state index is 12.0. The number of benzene rings is 2. The highest BCUT2D eigenvalue weighted by molar-refractivity contribution is 7.10. The van der Waals surface area contributed by atoms with E-state index in [0.717, 1.165) is 21.6 Å². The van der Waals surface area contributed by atoms with Crippen LogP contribution in [-0.4, -0.2) is 18.5 Å². The summed E-state index contributed by atoms with van der Waals surface area (Å²) in [7, 11) is 0. The maximum Gasteiger partial charge on any atom is 0.310 e. The van der Waals surface area contributed by atoms with E-state index in [0.29, 0.717) is 0 Å². The average molecular weight is 379 g/mol. The molecular weight excluding hydrogens is 358 g/mol. The zero-order chi connectivity index (χ0) is 19.1. The van der Waals surface area contributed by atoms with Crippen molar-refractivity contribution in [2.24, 2.45) is 0 Å². The molecule has 0 saturated heterocycles. The van der Waals surface area contributed by atoms with Crippen LogP contribution in [0.2, 0.25) is 0 Å². The molecule has 0 saturated carbocycles. The number of hydrogen-bond donors (Lipinski definition) is 1. The Balaban J connectivity index is 1.45. The number of ether oxygens (including phenoxy) is 1. The Bertz CT molecular complexity index is 874. The van der Waals surface area contributed by atoms with Crippen molar-refractivity contribution in [3.05, 3.63) is 82.6 Å². The molecule has 0 aliphatic rings. The SMILES string of the molecule is CC(NC(=O)COC(=O)Cc1ccc(-c2ccccc2)cc1)c1cccs1. The van der Waals surface area contributed by atoms with Gasteiger partial charge in [0.1, 0.15) is 0 Å². The molecule has 27 heavy (non-hydrogen) atoms. The van der Waals surface area contributed by atoms with Crippen LogP contribution >= 0.6 is 11.3 Å². The molecule has 0 aliphatic carbocycles. The number of thiophene rings is 1. The number of carbonyl (C=O) groups is 2. The van der Waals surface area contributed by atoms with E-state index in [1.807, 2.05) is 79.0 Å². The molecule has 5 heteroatoms. The molecule has 1 unspecified atom stereocenters. The van der Waals surface area contributed by atoms with E-state index in [-0.39, 0.29) is 25.0 Å². The van der Waals surface area contributed by atoms with E-state index in [4.69, 9.17) is 4.74 Å². The minimum absolute atomic E-state index is 0.0956. The predicted octanol–water partition coefficient (Wildman–Crippen LogP) is 4.38. The largest absolute Gasteiger partial charge is 0.455 e. The predicted molar refractivity (Wildman–Crippen MR) is 107 cm³/mol. The van der Waals surface area contributed by atoms with Crippen molar-refractivity contribution < 1.29 is 14.3 Å². The topological polar surface area (TPSA) is 55.4 Å². The van der Waals surface area contributed by atoms with Crippen LogP contribution in [0.15, 0.2) is 72.1 Å². The lowest BCUT2D eigenvalue weighted by atomic mass is 10.0. The summed E-state index contributed by atoms with van der Waals surface area (Å²) in [6.07, 6.45) is 0.142. The second-order valence-corrected chi connectivity index (χ2v) is 7.18. The van der Waals surface area contributed by atoms with E-state index in [9.17, 15) is 9.59 Å². The number of hydrogen-bond acceptors (Lipinski definition) is 4. The molecule has 1 aromatic heterocycles. The van der Waals surface area contributed by atoms with Gasteiger partial charge in [0.2, 0.25) is 0 Å². The van der Waals surface area contributed by atoms with Crippen molar-refractivity contribution in [2.45, 2.75) is 19.4 Å². The van der Waals surface area contributed by atoms with Gasteiger partial charge in [-0.15, -0.1) is 11.3 Å². The average Bonchev–Trinajstić information content (AvgIpc) is 3.23. The molecule has 1 amide bonds. The molecule has 2 aromatic carbocycles. The summed E-state index contributed by atoms with van der Waals surface area (Å²) in [6.45, 7) is 1.64. The third kappa shape index (κ3) is 5.53. The van der Waals surface area contributed by atoms with Gasteiger partial charge in [-0.2, -0.15) is 0 Å². The van der Waals surface area contributed by atoms with Gasteiger partial charge in [0.15, 0.2) is 6.61 Å². The Morgan fingerprint density at radius 3 is 2.33 bits per heavy atom. The van der Waals surface area contributed by atoms with Gasteiger partial charge in [-0.25, -0.2) is 0 Å². The van der Waals surface area contributed by atoms with Crippen LogP contribution in [0.4, 0.5) is 0 Å². The lowest BCUT2D eigenvalue weighted by molar-refractivity contribution is -0.148.